The van der Waals surface area contributed by atoms with E-state index in [1.54, 1.807) is 22.8 Å². The zero-order chi connectivity index (χ0) is 20.3. The Labute approximate surface area is 173 Å². The number of carbonyl (C=O) groups is 1. The predicted molar refractivity (Wildman–Crippen MR) is 116 cm³/mol. The number of hydrogen-bond donors (Lipinski definition) is 1. The second-order valence-corrected chi connectivity index (χ2v) is 8.35. The third kappa shape index (κ3) is 4.56. The quantitative estimate of drug-likeness (QED) is 0.483. The first kappa shape index (κ1) is 20.4. The highest BCUT2D eigenvalue weighted by Crippen LogP contribution is 2.24. The molecule has 0 radical (unpaired) electrons. The largest absolute Gasteiger partial charge is 0.355 e. The Kier molecular flexibility index (Phi) is 6.42. The van der Waals surface area contributed by atoms with Gasteiger partial charge < -0.3 is 5.32 Å². The van der Waals surface area contributed by atoms with E-state index in [-0.39, 0.29) is 17.2 Å². The van der Waals surface area contributed by atoms with Crippen molar-refractivity contribution in [1.29, 1.82) is 0 Å². The zero-order valence-corrected chi connectivity index (χ0v) is 17.6. The van der Waals surface area contributed by atoms with Gasteiger partial charge in [0.2, 0.25) is 5.91 Å². The molecule has 0 aliphatic heterocycles. The van der Waals surface area contributed by atoms with E-state index in [1.165, 1.54) is 11.8 Å². The summed E-state index contributed by atoms with van der Waals surface area (Å²) in [5.41, 5.74) is 2.04. The summed E-state index contributed by atoms with van der Waals surface area (Å²) in [6.07, 6.45) is 0. The van der Waals surface area contributed by atoms with E-state index in [9.17, 15) is 9.59 Å². The molecule has 0 unspecified atom stereocenters. The first-order valence-corrected chi connectivity index (χ1v) is 10.4. The van der Waals surface area contributed by atoms with Crippen molar-refractivity contribution >= 4 is 40.2 Å². The van der Waals surface area contributed by atoms with Crippen LogP contribution in [0.1, 0.15) is 19.4 Å². The van der Waals surface area contributed by atoms with E-state index in [2.05, 4.69) is 10.3 Å². The molecule has 0 aliphatic rings. The molecule has 0 aliphatic carbocycles. The number of para-hydroxylation sites is 1. The summed E-state index contributed by atoms with van der Waals surface area (Å²) in [4.78, 5) is 30.1. The Morgan fingerprint density at radius 1 is 1.25 bits per heavy atom. The number of benzene rings is 2. The van der Waals surface area contributed by atoms with Crippen molar-refractivity contribution in [2.24, 2.45) is 5.92 Å². The Morgan fingerprint density at radius 3 is 2.71 bits per heavy atom. The van der Waals surface area contributed by atoms with Crippen molar-refractivity contribution in [3.63, 3.8) is 0 Å². The van der Waals surface area contributed by atoms with Crippen LogP contribution >= 0.6 is 23.4 Å². The lowest BCUT2D eigenvalue weighted by molar-refractivity contribution is -0.118. The molecule has 1 N–H and O–H groups in total. The van der Waals surface area contributed by atoms with Crippen molar-refractivity contribution in [3.8, 4) is 5.69 Å². The monoisotopic (exact) mass is 415 g/mol. The van der Waals surface area contributed by atoms with E-state index < -0.39 is 0 Å². The van der Waals surface area contributed by atoms with Gasteiger partial charge in [-0.25, -0.2) is 4.98 Å². The molecule has 0 spiro atoms. The number of amides is 1. The normalized spacial score (nSPS) is 11.2. The van der Waals surface area contributed by atoms with E-state index in [0.29, 0.717) is 33.5 Å². The molecule has 0 saturated carbocycles. The van der Waals surface area contributed by atoms with Crippen LogP contribution < -0.4 is 10.9 Å². The van der Waals surface area contributed by atoms with Crippen molar-refractivity contribution in [2.45, 2.75) is 25.9 Å². The van der Waals surface area contributed by atoms with Crippen LogP contribution in [0, 0.1) is 12.8 Å². The van der Waals surface area contributed by atoms with E-state index in [4.69, 9.17) is 11.6 Å². The topological polar surface area (TPSA) is 64.0 Å². The van der Waals surface area contributed by atoms with Crippen LogP contribution in [0.2, 0.25) is 5.02 Å². The maximum Gasteiger partial charge on any atom is 0.266 e. The molecule has 146 valence electrons. The standard InChI is InChI=1S/C21H22ClN3O2S/c1-13(2)11-23-19(26)12-28-21-24-17-10-15(22)8-9-16(17)20(27)25(21)18-7-5-4-6-14(18)3/h4-10,13H,11-12H2,1-3H3,(H,23,26). The fourth-order valence-corrected chi connectivity index (χ4v) is 3.76. The van der Waals surface area contributed by atoms with Gasteiger partial charge in [0.1, 0.15) is 0 Å². The summed E-state index contributed by atoms with van der Waals surface area (Å²) in [7, 11) is 0. The molecule has 3 aromatic rings. The number of nitrogens with zero attached hydrogens (tertiary/aromatic N) is 2. The highest BCUT2D eigenvalue weighted by Gasteiger charge is 2.16. The number of carbonyl (C=O) groups excluding carboxylic acids is 1. The second-order valence-electron chi connectivity index (χ2n) is 6.97. The van der Waals surface area contributed by atoms with Crippen molar-refractivity contribution in [3.05, 3.63) is 63.4 Å². The lowest BCUT2D eigenvalue weighted by Gasteiger charge is -2.15. The van der Waals surface area contributed by atoms with Crippen LogP contribution in [-0.2, 0) is 4.79 Å². The number of rotatable bonds is 6. The fourth-order valence-electron chi connectivity index (χ4n) is 2.76. The average molecular weight is 416 g/mol. The number of thioether (sulfide) groups is 1. The Hall–Kier alpha value is -2.31. The molecule has 28 heavy (non-hydrogen) atoms. The molecular formula is C21H22ClN3O2S. The minimum Gasteiger partial charge on any atom is -0.355 e. The zero-order valence-electron chi connectivity index (χ0n) is 16.0. The minimum absolute atomic E-state index is 0.0875. The lowest BCUT2D eigenvalue weighted by Crippen LogP contribution is -2.29. The van der Waals surface area contributed by atoms with Gasteiger partial charge in [0.05, 0.1) is 22.3 Å². The molecule has 1 heterocycles. The number of aryl methyl sites for hydroxylation is 1. The van der Waals surface area contributed by atoms with Gasteiger partial charge in [0.25, 0.3) is 5.56 Å². The van der Waals surface area contributed by atoms with E-state index in [0.717, 1.165) is 11.3 Å². The van der Waals surface area contributed by atoms with Crippen molar-refractivity contribution in [2.75, 3.05) is 12.3 Å². The molecule has 1 aromatic heterocycles. The van der Waals surface area contributed by atoms with Gasteiger partial charge in [-0.1, -0.05) is 55.4 Å². The van der Waals surface area contributed by atoms with Gasteiger partial charge in [-0.2, -0.15) is 0 Å². The molecule has 1 amide bonds. The second kappa shape index (κ2) is 8.80. The molecule has 0 saturated heterocycles. The third-order valence-electron chi connectivity index (χ3n) is 4.20. The first-order valence-electron chi connectivity index (χ1n) is 9.04. The summed E-state index contributed by atoms with van der Waals surface area (Å²) in [6.45, 7) is 6.64. The lowest BCUT2D eigenvalue weighted by atomic mass is 10.2. The molecule has 5 nitrogen and oxygen atoms in total. The maximum atomic E-state index is 13.2. The van der Waals surface area contributed by atoms with Crippen molar-refractivity contribution in [1.82, 2.24) is 14.9 Å². The Bertz CT molecular complexity index is 1080. The summed E-state index contributed by atoms with van der Waals surface area (Å²) in [5.74, 6) is 0.465. The highest BCUT2D eigenvalue weighted by atomic mass is 35.5. The van der Waals surface area contributed by atoms with Crippen molar-refractivity contribution < 1.29 is 4.79 Å². The molecule has 3 rings (SSSR count). The van der Waals surface area contributed by atoms with Gasteiger partial charge in [-0.05, 0) is 42.7 Å². The van der Waals surface area contributed by atoms with Crippen LogP contribution in [0.25, 0.3) is 16.6 Å². The minimum atomic E-state index is -0.180. The molecule has 2 aromatic carbocycles. The number of nitrogens with one attached hydrogen (secondary N) is 1. The average Bonchev–Trinajstić information content (AvgIpc) is 2.65. The first-order chi connectivity index (χ1) is 13.4. The number of fused-ring (bicyclic) bond motifs is 1. The Balaban J connectivity index is 2.06. The molecular weight excluding hydrogens is 394 g/mol. The van der Waals surface area contributed by atoms with Gasteiger partial charge >= 0.3 is 0 Å². The van der Waals surface area contributed by atoms with Gasteiger partial charge in [0, 0.05) is 11.6 Å². The SMILES string of the molecule is Cc1ccccc1-n1c(SCC(=O)NCC(C)C)nc2cc(Cl)ccc2c1=O. The highest BCUT2D eigenvalue weighted by molar-refractivity contribution is 7.99. The summed E-state index contributed by atoms with van der Waals surface area (Å²) < 4.78 is 1.58. The fraction of sp³-hybridized carbons (Fsp3) is 0.286. The molecule has 0 fully saturated rings. The molecule has 0 bridgehead atoms. The van der Waals surface area contributed by atoms with Gasteiger partial charge in [-0.3, -0.25) is 14.2 Å². The summed E-state index contributed by atoms with van der Waals surface area (Å²) >= 11 is 7.33. The van der Waals surface area contributed by atoms with Crippen LogP contribution in [0.3, 0.4) is 0 Å². The van der Waals surface area contributed by atoms with Gasteiger partial charge in [-0.15, -0.1) is 0 Å². The molecule has 7 heteroatoms. The number of hydrogen-bond acceptors (Lipinski definition) is 4. The number of halogens is 1. The Morgan fingerprint density at radius 2 is 2.00 bits per heavy atom. The summed E-state index contributed by atoms with van der Waals surface area (Å²) in [6, 6.07) is 12.7. The van der Waals surface area contributed by atoms with Gasteiger partial charge in [0.15, 0.2) is 5.16 Å². The van der Waals surface area contributed by atoms with Crippen LogP contribution in [-0.4, -0.2) is 27.8 Å². The van der Waals surface area contributed by atoms with E-state index >= 15 is 0 Å². The predicted octanol–water partition coefficient (Wildman–Crippen LogP) is 4.21. The third-order valence-corrected chi connectivity index (χ3v) is 5.37. The number of aromatic nitrogens is 2. The molecule has 0 atom stereocenters. The van der Waals surface area contributed by atoms with Crippen LogP contribution in [0.5, 0.6) is 0 Å². The summed E-state index contributed by atoms with van der Waals surface area (Å²) in [5, 5.41) is 4.35. The van der Waals surface area contributed by atoms with Crippen LogP contribution in [0.15, 0.2) is 52.4 Å². The maximum absolute atomic E-state index is 13.2. The van der Waals surface area contributed by atoms with E-state index in [1.807, 2.05) is 45.0 Å². The smallest absolute Gasteiger partial charge is 0.266 e. The van der Waals surface area contributed by atoms with Crippen LogP contribution in [0.4, 0.5) is 0 Å².